The molecule has 0 aliphatic heterocycles. The van der Waals surface area contributed by atoms with E-state index >= 15 is 0 Å². The quantitative estimate of drug-likeness (QED) is 0.151. The molecule has 10 N–H and O–H groups in total. The third-order valence-corrected chi connectivity index (χ3v) is 3.25. The molecule has 0 aliphatic carbocycles. The Morgan fingerprint density at radius 1 is 0.463 bits per heavy atom. The number of aliphatic hydroxyl groups excluding tert-OH is 3. The molecule has 16 nitrogen and oxygen atoms in total. The zero-order valence-electron chi connectivity index (χ0n) is 22.7. The van der Waals surface area contributed by atoms with Crippen LogP contribution in [0.2, 0.25) is 0 Å². The SMILES string of the molecule is C=CC(=O)O.C=CC(=O)O.C=CC(=O)O.C=CC(=O)O.C=CC(=O)O.C=CC(=O)O.CC(C)(O)C(CO)(CO)CO. The van der Waals surface area contributed by atoms with Gasteiger partial charge >= 0.3 is 35.8 Å². The Morgan fingerprint density at radius 3 is 0.561 bits per heavy atom. The topological polar surface area (TPSA) is 305 Å². The summed E-state index contributed by atoms with van der Waals surface area (Å²) in [5.74, 6) is -5.89. The lowest BCUT2D eigenvalue weighted by Crippen LogP contribution is -2.51. The molecule has 0 aromatic rings. The Bertz CT molecular complexity index is 683. The molecule has 0 heterocycles. The molecular formula is C25H40O16. The Labute approximate surface area is 236 Å². The number of carbonyl (C=O) groups is 6. The second kappa shape index (κ2) is 35.1. The van der Waals surface area contributed by atoms with Crippen molar-refractivity contribution in [2.45, 2.75) is 19.4 Å². The number of carboxylic acids is 6. The van der Waals surface area contributed by atoms with Gasteiger partial charge in [-0.1, -0.05) is 39.5 Å². The van der Waals surface area contributed by atoms with Crippen LogP contribution in [0.5, 0.6) is 0 Å². The van der Waals surface area contributed by atoms with E-state index in [1.165, 1.54) is 13.8 Å². The van der Waals surface area contributed by atoms with E-state index in [1.54, 1.807) is 0 Å². The highest BCUT2D eigenvalue weighted by molar-refractivity contribution is 5.80. The Balaban J connectivity index is -0.0000000680. The first kappa shape index (κ1) is 52.5. The lowest BCUT2D eigenvalue weighted by atomic mass is 9.76. The van der Waals surface area contributed by atoms with Crippen molar-refractivity contribution in [3.05, 3.63) is 75.9 Å². The van der Waals surface area contributed by atoms with Crippen molar-refractivity contribution in [2.75, 3.05) is 19.8 Å². The molecule has 0 bridgehead atoms. The summed E-state index contributed by atoms with van der Waals surface area (Å²) in [5.41, 5.74) is -2.50. The van der Waals surface area contributed by atoms with E-state index in [0.717, 1.165) is 36.5 Å². The maximum Gasteiger partial charge on any atom is 0.327 e. The highest BCUT2D eigenvalue weighted by atomic mass is 16.4. The van der Waals surface area contributed by atoms with Crippen LogP contribution in [0.4, 0.5) is 0 Å². The normalized spacial score (nSPS) is 8.34. The van der Waals surface area contributed by atoms with E-state index < -0.39 is 66.7 Å². The van der Waals surface area contributed by atoms with Gasteiger partial charge in [0.05, 0.1) is 30.8 Å². The van der Waals surface area contributed by atoms with Gasteiger partial charge < -0.3 is 51.1 Å². The predicted molar refractivity (Wildman–Crippen MR) is 147 cm³/mol. The van der Waals surface area contributed by atoms with E-state index in [9.17, 15) is 33.9 Å². The summed E-state index contributed by atoms with van der Waals surface area (Å²) in [6.07, 6.45) is 5.00. The van der Waals surface area contributed by atoms with Crippen LogP contribution in [-0.4, -0.2) is 112 Å². The summed E-state index contributed by atoms with van der Waals surface area (Å²) >= 11 is 0. The van der Waals surface area contributed by atoms with Crippen LogP contribution in [0.1, 0.15) is 13.8 Å². The molecule has 0 unspecified atom stereocenters. The van der Waals surface area contributed by atoms with Gasteiger partial charge in [-0.15, -0.1) is 0 Å². The first-order valence-corrected chi connectivity index (χ1v) is 10.2. The van der Waals surface area contributed by atoms with Crippen molar-refractivity contribution in [1.29, 1.82) is 0 Å². The van der Waals surface area contributed by atoms with E-state index in [0.29, 0.717) is 0 Å². The molecule has 16 heteroatoms. The lowest BCUT2D eigenvalue weighted by molar-refractivity contribution is -0.133. The molecule has 0 aromatic heterocycles. The Kier molecular flexibility index (Phi) is 45.0. The fourth-order valence-corrected chi connectivity index (χ4v) is 0.730. The van der Waals surface area contributed by atoms with Gasteiger partial charge in [-0.25, -0.2) is 28.8 Å². The number of hydrogen-bond acceptors (Lipinski definition) is 10. The minimum atomic E-state index is -1.29. The van der Waals surface area contributed by atoms with Gasteiger partial charge in [0.1, 0.15) is 0 Å². The third-order valence-electron chi connectivity index (χ3n) is 3.25. The zero-order valence-corrected chi connectivity index (χ0v) is 22.7. The van der Waals surface area contributed by atoms with Crippen LogP contribution < -0.4 is 0 Å². The lowest BCUT2D eigenvalue weighted by Gasteiger charge is -2.38. The van der Waals surface area contributed by atoms with Crippen LogP contribution in [0.15, 0.2) is 75.9 Å². The second-order valence-corrected chi connectivity index (χ2v) is 6.57. The predicted octanol–water partition coefficient (Wildman–Crippen LogP) is 0.263. The number of hydrogen-bond donors (Lipinski definition) is 10. The van der Waals surface area contributed by atoms with E-state index in [4.69, 9.17) is 46.0 Å². The van der Waals surface area contributed by atoms with Gasteiger partial charge in [-0.05, 0) is 13.8 Å². The molecule has 0 atom stereocenters. The summed E-state index contributed by atoms with van der Waals surface area (Å²) in [4.78, 5) is 55.5. The van der Waals surface area contributed by atoms with Crippen molar-refractivity contribution in [3.8, 4) is 0 Å². The zero-order chi connectivity index (χ0) is 34.8. The van der Waals surface area contributed by atoms with Crippen LogP contribution in [0.25, 0.3) is 0 Å². The Hall–Kier alpha value is -4.90. The number of aliphatic hydroxyl groups is 4. The number of rotatable bonds is 10. The molecular weight excluding hydrogens is 556 g/mol. The minimum absolute atomic E-state index is 0.441. The molecule has 0 fully saturated rings. The van der Waals surface area contributed by atoms with Crippen molar-refractivity contribution in [1.82, 2.24) is 0 Å². The summed E-state index contributed by atoms with van der Waals surface area (Å²) in [6, 6.07) is 0. The van der Waals surface area contributed by atoms with Crippen molar-refractivity contribution in [2.24, 2.45) is 5.41 Å². The third kappa shape index (κ3) is 61.0. The van der Waals surface area contributed by atoms with Gasteiger partial charge in [0.15, 0.2) is 0 Å². The average Bonchev–Trinajstić information content (AvgIpc) is 2.90. The van der Waals surface area contributed by atoms with E-state index in [2.05, 4.69) is 39.5 Å². The maximum atomic E-state index is 9.45. The highest BCUT2D eigenvalue weighted by Gasteiger charge is 2.42. The fraction of sp³-hybridized carbons (Fsp3) is 0.280. The maximum absolute atomic E-state index is 9.45. The molecule has 0 radical (unpaired) electrons. The molecule has 0 aliphatic rings. The first-order chi connectivity index (χ1) is 18.6. The average molecular weight is 597 g/mol. The van der Waals surface area contributed by atoms with E-state index in [-0.39, 0.29) is 0 Å². The monoisotopic (exact) mass is 596 g/mol. The number of aliphatic carboxylic acids is 6. The molecule has 41 heavy (non-hydrogen) atoms. The summed E-state index contributed by atoms with van der Waals surface area (Å²) in [7, 11) is 0. The minimum Gasteiger partial charge on any atom is -0.478 e. The fourth-order valence-electron chi connectivity index (χ4n) is 0.730. The van der Waals surface area contributed by atoms with Crippen molar-refractivity contribution >= 4 is 35.8 Å². The molecule has 0 saturated carbocycles. The van der Waals surface area contributed by atoms with Gasteiger partial charge in [-0.2, -0.15) is 0 Å². The molecule has 0 saturated heterocycles. The number of carboxylic acid groups (broad SMARTS) is 6. The van der Waals surface area contributed by atoms with Gasteiger partial charge in [-0.3, -0.25) is 0 Å². The van der Waals surface area contributed by atoms with Crippen LogP contribution >= 0.6 is 0 Å². The van der Waals surface area contributed by atoms with Gasteiger partial charge in [0.25, 0.3) is 0 Å². The molecule has 0 amide bonds. The van der Waals surface area contributed by atoms with Gasteiger partial charge in [0.2, 0.25) is 0 Å². The Morgan fingerprint density at radius 2 is 0.561 bits per heavy atom. The summed E-state index contributed by atoms with van der Waals surface area (Å²) in [5, 5.41) is 81.6. The summed E-state index contributed by atoms with van der Waals surface area (Å²) < 4.78 is 0. The van der Waals surface area contributed by atoms with Crippen LogP contribution in [0.3, 0.4) is 0 Å². The molecule has 0 spiro atoms. The van der Waals surface area contributed by atoms with Crippen molar-refractivity contribution < 1.29 is 79.8 Å². The first-order valence-electron chi connectivity index (χ1n) is 10.2. The molecule has 236 valence electrons. The molecule has 0 aromatic carbocycles. The molecule has 0 rings (SSSR count). The smallest absolute Gasteiger partial charge is 0.327 e. The summed E-state index contributed by atoms with van der Waals surface area (Å²) in [6.45, 7) is 19.3. The standard InChI is InChI=1S/C7H16O4.6C3H4O2/c1-6(2,11)7(3-8,4-9)5-10;6*1-2-3(4)5/h8-11H,3-5H2,1-2H3;6*2H,1H2,(H,4,5). The largest absolute Gasteiger partial charge is 0.478 e. The van der Waals surface area contributed by atoms with Crippen LogP contribution in [0, 0.1) is 5.41 Å². The highest BCUT2D eigenvalue weighted by Crippen LogP contribution is 2.29. The second-order valence-electron chi connectivity index (χ2n) is 6.57. The van der Waals surface area contributed by atoms with E-state index in [1.807, 2.05) is 0 Å². The van der Waals surface area contributed by atoms with Crippen molar-refractivity contribution in [3.63, 3.8) is 0 Å². The van der Waals surface area contributed by atoms with Crippen LogP contribution in [-0.2, 0) is 28.8 Å². The van der Waals surface area contributed by atoms with Gasteiger partial charge in [0, 0.05) is 36.5 Å².